The Kier molecular flexibility index (Phi) is 9.34. The number of piperazine rings is 1. The van der Waals surface area contributed by atoms with Gasteiger partial charge in [-0.15, -0.1) is 0 Å². The highest BCUT2D eigenvalue weighted by atomic mass is 19.1. The van der Waals surface area contributed by atoms with Gasteiger partial charge in [0.2, 0.25) is 0 Å². The molecule has 0 N–H and O–H groups in total. The van der Waals surface area contributed by atoms with Crippen LogP contribution in [0, 0.1) is 17.7 Å². The van der Waals surface area contributed by atoms with Crippen LogP contribution in [0.3, 0.4) is 0 Å². The maximum Gasteiger partial charge on any atom is 0.410 e. The number of nitrogens with zero attached hydrogens (tertiary/aromatic N) is 4. The van der Waals surface area contributed by atoms with E-state index in [0.29, 0.717) is 25.6 Å². The lowest BCUT2D eigenvalue weighted by atomic mass is 9.84. The van der Waals surface area contributed by atoms with Crippen molar-refractivity contribution in [3.63, 3.8) is 0 Å². The molecular weight excluding hydrogens is 527 g/mol. The van der Waals surface area contributed by atoms with E-state index in [9.17, 15) is 9.18 Å². The molecule has 1 aliphatic heterocycles. The van der Waals surface area contributed by atoms with Crippen molar-refractivity contribution in [2.75, 3.05) is 24.5 Å². The van der Waals surface area contributed by atoms with Gasteiger partial charge >= 0.3 is 6.09 Å². The van der Waals surface area contributed by atoms with Gasteiger partial charge in [0, 0.05) is 37.2 Å². The molecule has 2 aromatic rings. The molecule has 42 heavy (non-hydrogen) atoms. The summed E-state index contributed by atoms with van der Waals surface area (Å²) in [6.45, 7) is 11.9. The summed E-state index contributed by atoms with van der Waals surface area (Å²) in [5.41, 5.74) is 5.71. The van der Waals surface area contributed by atoms with Crippen molar-refractivity contribution in [3.8, 4) is 0 Å². The quantitative estimate of drug-likeness (QED) is 0.303. The smallest absolute Gasteiger partial charge is 0.410 e. The maximum atomic E-state index is 13.7. The van der Waals surface area contributed by atoms with Crippen LogP contribution in [-0.2, 0) is 17.6 Å². The van der Waals surface area contributed by atoms with Gasteiger partial charge < -0.3 is 14.5 Å². The second kappa shape index (κ2) is 13.0. The number of carbonyl (C=O) groups is 1. The lowest BCUT2D eigenvalue weighted by Crippen LogP contribution is -2.55. The third-order valence-corrected chi connectivity index (χ3v) is 8.72. The molecule has 0 bridgehead atoms. The van der Waals surface area contributed by atoms with Gasteiger partial charge in [0.05, 0.1) is 5.69 Å². The molecule has 1 saturated carbocycles. The van der Waals surface area contributed by atoms with E-state index < -0.39 is 5.60 Å². The van der Waals surface area contributed by atoms with E-state index in [1.54, 1.807) is 30.0 Å². The molecule has 1 amide bonds. The summed E-state index contributed by atoms with van der Waals surface area (Å²) in [4.78, 5) is 26.8. The van der Waals surface area contributed by atoms with Gasteiger partial charge in [-0.25, -0.2) is 19.2 Å². The minimum Gasteiger partial charge on any atom is -0.444 e. The monoisotopic (exact) mass is 573 g/mol. The van der Waals surface area contributed by atoms with Crippen molar-refractivity contribution >= 4 is 17.5 Å². The largest absolute Gasteiger partial charge is 0.444 e. The Hall–Kier alpha value is -3.22. The highest BCUT2D eigenvalue weighted by Gasteiger charge is 2.35. The Morgan fingerprint density at radius 1 is 1.12 bits per heavy atom. The summed E-state index contributed by atoms with van der Waals surface area (Å²) in [6, 6.07) is 7.00. The number of aryl methyl sites for hydroxylation is 2. The predicted molar refractivity (Wildman–Crippen MR) is 167 cm³/mol. The molecule has 2 fully saturated rings. The molecule has 2 aliphatic carbocycles. The molecule has 1 radical (unpaired) electrons. The molecular formula is C35H46FN4O2. The summed E-state index contributed by atoms with van der Waals surface area (Å²) in [5, 5.41) is 0. The first kappa shape index (κ1) is 30.2. The highest BCUT2D eigenvalue weighted by molar-refractivity contribution is 5.78. The molecule has 225 valence electrons. The van der Waals surface area contributed by atoms with Crippen molar-refractivity contribution < 1.29 is 13.9 Å². The Morgan fingerprint density at radius 2 is 1.90 bits per heavy atom. The molecule has 2 atom stereocenters. The van der Waals surface area contributed by atoms with E-state index in [2.05, 4.69) is 30.9 Å². The number of carbonyl (C=O) groups excluding carboxylic acids is 1. The van der Waals surface area contributed by atoms with Gasteiger partial charge in [0.25, 0.3) is 0 Å². The van der Waals surface area contributed by atoms with Gasteiger partial charge in [-0.05, 0) is 115 Å². The number of hydrogen-bond acceptors (Lipinski definition) is 5. The first-order valence-electron chi connectivity index (χ1n) is 15.7. The summed E-state index contributed by atoms with van der Waals surface area (Å²) >= 11 is 0. The molecule has 7 heteroatoms. The van der Waals surface area contributed by atoms with Crippen molar-refractivity contribution in [2.24, 2.45) is 5.92 Å². The summed E-state index contributed by atoms with van der Waals surface area (Å²) in [5.74, 6) is 2.83. The number of allylic oxidation sites excluding steroid dienone is 4. The fraction of sp³-hybridized carbons (Fsp3) is 0.543. The number of unbranched alkanes of at least 4 members (excludes halogenated alkanes) is 1. The van der Waals surface area contributed by atoms with Crippen molar-refractivity contribution in [3.05, 3.63) is 76.9 Å². The number of hydrogen-bond donors (Lipinski definition) is 0. The summed E-state index contributed by atoms with van der Waals surface area (Å²) in [7, 11) is 0. The van der Waals surface area contributed by atoms with E-state index >= 15 is 0 Å². The van der Waals surface area contributed by atoms with Crippen LogP contribution in [0.4, 0.5) is 15.0 Å². The summed E-state index contributed by atoms with van der Waals surface area (Å²) in [6.07, 6.45) is 14.3. The third kappa shape index (κ3) is 7.40. The SMILES string of the molecule is C/C=C(\c1c(CCCCc2cccc(F)c2)ncnc1N1CCN(C(=O)OC(C)(C)C)C[C@H]1C)C1CC[C]2C=C2CC1. The number of rotatable bonds is 8. The first-order chi connectivity index (χ1) is 20.1. The molecule has 3 aliphatic rings. The summed E-state index contributed by atoms with van der Waals surface area (Å²) < 4.78 is 19.4. The van der Waals surface area contributed by atoms with Crippen LogP contribution >= 0.6 is 0 Å². The topological polar surface area (TPSA) is 58.6 Å². The van der Waals surface area contributed by atoms with Gasteiger partial charge in [-0.2, -0.15) is 0 Å². The standard InChI is InChI=1S/C35H46FN4O2/c1-6-30(26-14-16-27-21-28(27)17-15-26)32-31(13-8-7-10-25-11-9-12-29(36)20-25)37-23-38-33(32)40-19-18-39(22-24(40)2)34(41)42-35(3,4)5/h6,9,11-12,20-21,23-24,26H,7-8,10,13-19,22H2,1-5H3/b30-6-/t24-/m1/s1. The number of halogens is 1. The molecule has 6 nitrogen and oxygen atoms in total. The fourth-order valence-electron chi connectivity index (χ4n) is 6.53. The number of aromatic nitrogens is 2. The number of ether oxygens (including phenoxy) is 1. The van der Waals surface area contributed by atoms with Crippen molar-refractivity contribution in [2.45, 2.75) is 97.6 Å². The van der Waals surface area contributed by atoms with Crippen LogP contribution < -0.4 is 4.90 Å². The molecule has 5 rings (SSSR count). The van der Waals surface area contributed by atoms with E-state index in [4.69, 9.17) is 14.7 Å². The molecule has 2 heterocycles. The lowest BCUT2D eigenvalue weighted by molar-refractivity contribution is 0.0218. The van der Waals surface area contributed by atoms with E-state index in [0.717, 1.165) is 68.4 Å². The minimum atomic E-state index is -0.519. The second-order valence-electron chi connectivity index (χ2n) is 13.0. The Morgan fingerprint density at radius 3 is 2.64 bits per heavy atom. The average Bonchev–Trinajstić information content (AvgIpc) is 3.72. The minimum absolute atomic E-state index is 0.0846. The molecule has 1 aromatic heterocycles. The Labute approximate surface area is 251 Å². The molecule has 0 spiro atoms. The zero-order chi connectivity index (χ0) is 29.9. The zero-order valence-corrected chi connectivity index (χ0v) is 26.0. The van der Waals surface area contributed by atoms with Gasteiger partial charge in [0.15, 0.2) is 0 Å². The van der Waals surface area contributed by atoms with Gasteiger partial charge in [-0.1, -0.05) is 29.9 Å². The van der Waals surface area contributed by atoms with Crippen LogP contribution in [0.15, 0.2) is 48.3 Å². The second-order valence-corrected chi connectivity index (χ2v) is 13.0. The van der Waals surface area contributed by atoms with Crippen LogP contribution in [0.2, 0.25) is 0 Å². The number of benzene rings is 1. The first-order valence-corrected chi connectivity index (χ1v) is 15.7. The van der Waals surface area contributed by atoms with Crippen LogP contribution in [0.5, 0.6) is 0 Å². The Balaban J connectivity index is 1.37. The fourth-order valence-corrected chi connectivity index (χ4v) is 6.53. The van der Waals surface area contributed by atoms with Crippen molar-refractivity contribution in [1.82, 2.24) is 14.9 Å². The zero-order valence-electron chi connectivity index (χ0n) is 26.0. The number of anilines is 1. The normalized spacial score (nSPS) is 21.5. The molecule has 1 aromatic carbocycles. The van der Waals surface area contributed by atoms with E-state index in [-0.39, 0.29) is 18.0 Å². The van der Waals surface area contributed by atoms with E-state index in [1.807, 2.05) is 31.7 Å². The molecule has 1 saturated heterocycles. The highest BCUT2D eigenvalue weighted by Crippen LogP contribution is 2.48. The Bertz CT molecular complexity index is 1330. The lowest BCUT2D eigenvalue weighted by Gasteiger charge is -2.42. The van der Waals surface area contributed by atoms with Crippen molar-refractivity contribution in [1.29, 1.82) is 0 Å². The van der Waals surface area contributed by atoms with Crippen LogP contribution in [-0.4, -0.2) is 52.2 Å². The number of fused-ring (bicyclic) bond motifs is 1. The average molecular weight is 574 g/mol. The number of amides is 1. The van der Waals surface area contributed by atoms with Crippen LogP contribution in [0.25, 0.3) is 5.57 Å². The molecule has 1 unspecified atom stereocenters. The van der Waals surface area contributed by atoms with Gasteiger partial charge in [-0.3, -0.25) is 0 Å². The predicted octanol–water partition coefficient (Wildman–Crippen LogP) is 7.73. The maximum absolute atomic E-state index is 13.7. The van der Waals surface area contributed by atoms with Gasteiger partial charge in [0.1, 0.15) is 23.6 Å². The third-order valence-electron chi connectivity index (χ3n) is 8.72. The van der Waals surface area contributed by atoms with Crippen LogP contribution in [0.1, 0.15) is 90.0 Å². The van der Waals surface area contributed by atoms with E-state index in [1.165, 1.54) is 17.2 Å².